The van der Waals surface area contributed by atoms with Crippen LogP contribution in [0.1, 0.15) is 58.4 Å². The Hall–Kier alpha value is -3.70. The zero-order valence-electron chi connectivity index (χ0n) is 26.3. The van der Waals surface area contributed by atoms with Gasteiger partial charge in [-0.2, -0.15) is 0 Å². The van der Waals surface area contributed by atoms with Gasteiger partial charge in [0, 0.05) is 29.1 Å². The molecule has 238 valence electrons. The SMILES string of the molecule is CCNC(=O)NS(=O)(=O)c1sc(CC(C)C)cc1-c1ccc(CN(C(=O)C2=CC=CCC=C2)C(C(=O)OCC)C(C)C)cc1. The lowest BCUT2D eigenvalue weighted by molar-refractivity contribution is -0.156. The first-order valence-corrected chi connectivity index (χ1v) is 17.2. The van der Waals surface area contributed by atoms with E-state index in [1.165, 1.54) is 0 Å². The minimum Gasteiger partial charge on any atom is -0.464 e. The van der Waals surface area contributed by atoms with Crippen LogP contribution in [0.25, 0.3) is 11.1 Å². The van der Waals surface area contributed by atoms with Crippen LogP contribution in [0.2, 0.25) is 0 Å². The first-order valence-electron chi connectivity index (χ1n) is 14.9. The van der Waals surface area contributed by atoms with Crippen LogP contribution in [0.5, 0.6) is 0 Å². The number of nitrogens with one attached hydrogen (secondary N) is 2. The number of esters is 1. The first-order chi connectivity index (χ1) is 20.9. The molecule has 44 heavy (non-hydrogen) atoms. The molecule has 1 atom stereocenters. The monoisotopic (exact) mass is 641 g/mol. The maximum atomic E-state index is 13.8. The third kappa shape index (κ3) is 9.15. The molecule has 0 aliphatic heterocycles. The molecule has 1 aromatic carbocycles. The van der Waals surface area contributed by atoms with Crippen molar-refractivity contribution in [1.29, 1.82) is 0 Å². The largest absolute Gasteiger partial charge is 0.464 e. The quantitative estimate of drug-likeness (QED) is 0.260. The van der Waals surface area contributed by atoms with Gasteiger partial charge in [-0.15, -0.1) is 11.3 Å². The first kappa shape index (κ1) is 34.8. The van der Waals surface area contributed by atoms with Crippen LogP contribution in [0.3, 0.4) is 0 Å². The van der Waals surface area contributed by atoms with Crippen molar-refractivity contribution in [3.63, 3.8) is 0 Å². The number of amides is 3. The minimum atomic E-state index is -4.13. The van der Waals surface area contributed by atoms with Gasteiger partial charge in [0.05, 0.1) is 6.61 Å². The highest BCUT2D eigenvalue weighted by Gasteiger charge is 2.35. The fraction of sp³-hybridized carbons (Fsp3) is 0.424. The van der Waals surface area contributed by atoms with Gasteiger partial charge in [-0.25, -0.2) is 22.7 Å². The average molecular weight is 642 g/mol. The summed E-state index contributed by atoms with van der Waals surface area (Å²) in [5.74, 6) is -0.656. The highest BCUT2D eigenvalue weighted by atomic mass is 32.2. The molecule has 2 N–H and O–H groups in total. The van der Waals surface area contributed by atoms with E-state index in [0.29, 0.717) is 35.5 Å². The summed E-state index contributed by atoms with van der Waals surface area (Å²) in [6, 6.07) is 7.50. The number of sulfonamides is 1. The van der Waals surface area contributed by atoms with Crippen molar-refractivity contribution in [2.45, 2.75) is 71.2 Å². The highest BCUT2D eigenvalue weighted by Crippen LogP contribution is 2.36. The Morgan fingerprint density at radius 2 is 1.75 bits per heavy atom. The molecule has 0 saturated carbocycles. The molecule has 1 aromatic heterocycles. The second kappa shape index (κ2) is 15.9. The summed E-state index contributed by atoms with van der Waals surface area (Å²) in [7, 11) is -4.13. The summed E-state index contributed by atoms with van der Waals surface area (Å²) in [6.45, 7) is 11.9. The second-order valence-corrected chi connectivity index (χ2v) is 14.3. The van der Waals surface area contributed by atoms with Crippen LogP contribution >= 0.6 is 11.3 Å². The van der Waals surface area contributed by atoms with Gasteiger partial charge in [0.1, 0.15) is 10.3 Å². The van der Waals surface area contributed by atoms with Crippen LogP contribution in [0.15, 0.2) is 70.5 Å². The van der Waals surface area contributed by atoms with Crippen molar-refractivity contribution >= 4 is 39.3 Å². The summed E-state index contributed by atoms with van der Waals surface area (Å²) >= 11 is 1.15. The van der Waals surface area contributed by atoms with Crippen LogP contribution in [0.4, 0.5) is 4.79 Å². The van der Waals surface area contributed by atoms with Gasteiger partial charge in [0.25, 0.3) is 15.9 Å². The van der Waals surface area contributed by atoms with Crippen LogP contribution in [-0.4, -0.2) is 50.4 Å². The third-order valence-electron chi connectivity index (χ3n) is 6.77. The number of carbonyl (C=O) groups is 3. The number of hydrogen-bond acceptors (Lipinski definition) is 7. The number of benzene rings is 1. The fourth-order valence-electron chi connectivity index (χ4n) is 4.85. The number of nitrogens with zero attached hydrogens (tertiary/aromatic N) is 1. The van der Waals surface area contributed by atoms with E-state index in [1.807, 2.05) is 50.3 Å². The number of ether oxygens (including phenoxy) is 1. The molecule has 0 radical (unpaired) electrons. The smallest absolute Gasteiger partial charge is 0.329 e. The predicted octanol–water partition coefficient (Wildman–Crippen LogP) is 5.98. The van der Waals surface area contributed by atoms with E-state index in [-0.39, 0.29) is 35.7 Å². The van der Waals surface area contributed by atoms with E-state index >= 15 is 0 Å². The number of rotatable bonds is 13. The lowest BCUT2D eigenvalue weighted by Crippen LogP contribution is -2.48. The van der Waals surface area contributed by atoms with Crippen molar-refractivity contribution in [1.82, 2.24) is 14.9 Å². The maximum Gasteiger partial charge on any atom is 0.329 e. The molecule has 0 saturated heterocycles. The Labute approximate surface area is 265 Å². The van der Waals surface area contributed by atoms with E-state index in [4.69, 9.17) is 4.74 Å². The zero-order valence-corrected chi connectivity index (χ0v) is 27.9. The molecule has 0 fully saturated rings. The van der Waals surface area contributed by atoms with Crippen molar-refractivity contribution in [2.75, 3.05) is 13.2 Å². The van der Waals surface area contributed by atoms with Crippen LogP contribution < -0.4 is 10.0 Å². The Morgan fingerprint density at radius 3 is 2.36 bits per heavy atom. The highest BCUT2D eigenvalue weighted by molar-refractivity contribution is 7.92. The van der Waals surface area contributed by atoms with E-state index < -0.39 is 28.1 Å². The van der Waals surface area contributed by atoms with Crippen molar-refractivity contribution in [3.05, 3.63) is 76.7 Å². The molecule has 1 heterocycles. The van der Waals surface area contributed by atoms with E-state index in [0.717, 1.165) is 21.8 Å². The van der Waals surface area contributed by atoms with Crippen molar-refractivity contribution < 1.29 is 27.5 Å². The Bertz CT molecular complexity index is 1520. The van der Waals surface area contributed by atoms with Crippen molar-refractivity contribution in [3.8, 4) is 11.1 Å². The molecule has 3 rings (SSSR count). The van der Waals surface area contributed by atoms with E-state index in [9.17, 15) is 22.8 Å². The molecule has 1 aliphatic rings. The molecule has 2 aromatic rings. The maximum absolute atomic E-state index is 13.8. The number of thiophene rings is 1. The second-order valence-electron chi connectivity index (χ2n) is 11.2. The van der Waals surface area contributed by atoms with Gasteiger partial charge in [0.15, 0.2) is 0 Å². The lowest BCUT2D eigenvalue weighted by atomic mass is 9.99. The lowest BCUT2D eigenvalue weighted by Gasteiger charge is -2.33. The number of urea groups is 1. The normalized spacial score (nSPS) is 13.8. The Kier molecular flexibility index (Phi) is 12.5. The predicted molar refractivity (Wildman–Crippen MR) is 174 cm³/mol. The number of allylic oxidation sites excluding steroid dienone is 4. The molecular formula is C33H43N3O6S2. The fourth-order valence-corrected chi connectivity index (χ4v) is 7.73. The molecule has 1 aliphatic carbocycles. The van der Waals surface area contributed by atoms with Gasteiger partial charge < -0.3 is 15.0 Å². The van der Waals surface area contributed by atoms with Gasteiger partial charge in [0.2, 0.25) is 0 Å². The summed E-state index contributed by atoms with van der Waals surface area (Å²) < 4.78 is 34.1. The summed E-state index contributed by atoms with van der Waals surface area (Å²) in [5.41, 5.74) is 2.37. The minimum absolute atomic E-state index is 0.0614. The van der Waals surface area contributed by atoms with Gasteiger partial charge >= 0.3 is 12.0 Å². The molecule has 11 heteroatoms. The molecule has 3 amide bonds. The molecule has 0 bridgehead atoms. The molecule has 1 unspecified atom stereocenters. The summed E-state index contributed by atoms with van der Waals surface area (Å²) in [4.78, 5) is 41.5. The van der Waals surface area contributed by atoms with Gasteiger partial charge in [-0.05, 0) is 61.8 Å². The number of hydrogen-bond donors (Lipinski definition) is 2. The Morgan fingerprint density at radius 1 is 1.05 bits per heavy atom. The van der Waals surface area contributed by atoms with Crippen LogP contribution in [-0.2, 0) is 37.3 Å². The molecular weight excluding hydrogens is 599 g/mol. The number of carbonyl (C=O) groups excluding carboxylic acids is 3. The average Bonchev–Trinajstić information content (AvgIpc) is 3.18. The van der Waals surface area contributed by atoms with E-state index in [1.54, 1.807) is 43.0 Å². The summed E-state index contributed by atoms with van der Waals surface area (Å²) in [6.07, 6.45) is 10.6. The zero-order chi connectivity index (χ0) is 32.4. The van der Waals surface area contributed by atoms with Crippen molar-refractivity contribution in [2.24, 2.45) is 11.8 Å². The molecule has 9 nitrogen and oxygen atoms in total. The topological polar surface area (TPSA) is 122 Å². The third-order valence-corrected chi connectivity index (χ3v) is 9.79. The van der Waals surface area contributed by atoms with E-state index in [2.05, 4.69) is 23.9 Å². The molecule has 0 spiro atoms. The van der Waals surface area contributed by atoms with Gasteiger partial charge in [-0.3, -0.25) is 4.79 Å². The standard InChI is InChI=1S/C33H43N3O6S2/c1-7-34-33(39)35-44(40,41)32-28(20-27(43-32)19-22(3)4)25-17-15-24(16-18-25)21-36(29(23(5)6)31(38)42-8-2)30(37)26-13-11-9-10-12-14-26/h9,11-18,20,22-23,29H,7-8,10,19,21H2,1-6H3,(H2,34,35,39). The van der Waals surface area contributed by atoms with Crippen LogP contribution in [0, 0.1) is 11.8 Å². The summed E-state index contributed by atoms with van der Waals surface area (Å²) in [5, 5.41) is 2.46. The van der Waals surface area contributed by atoms with Gasteiger partial charge in [-0.1, -0.05) is 76.3 Å². The Balaban J connectivity index is 2.01.